The van der Waals surface area contributed by atoms with E-state index < -0.39 is 0 Å². The van der Waals surface area contributed by atoms with Crippen molar-refractivity contribution in [1.29, 1.82) is 0 Å². The molecule has 0 amide bonds. The van der Waals surface area contributed by atoms with E-state index in [9.17, 15) is 0 Å². The maximum atomic E-state index is 5.20. The van der Waals surface area contributed by atoms with Crippen molar-refractivity contribution < 1.29 is 4.74 Å². The molecule has 2 heterocycles. The second-order valence-electron chi connectivity index (χ2n) is 6.19. The summed E-state index contributed by atoms with van der Waals surface area (Å²) in [6, 6.07) is 8.92. The summed E-state index contributed by atoms with van der Waals surface area (Å²) >= 11 is 0. The number of rotatable bonds is 5. The first-order valence-corrected chi connectivity index (χ1v) is 8.04. The Bertz CT molecular complexity index is 624. The first-order valence-electron chi connectivity index (χ1n) is 8.04. The van der Waals surface area contributed by atoms with Crippen molar-refractivity contribution in [3.63, 3.8) is 0 Å². The summed E-state index contributed by atoms with van der Waals surface area (Å²) in [5.74, 6) is 1.15. The molecule has 5 heteroatoms. The van der Waals surface area contributed by atoms with Crippen LogP contribution in [0.2, 0.25) is 0 Å². The van der Waals surface area contributed by atoms with Gasteiger partial charge in [-0.15, -0.1) is 0 Å². The lowest BCUT2D eigenvalue weighted by Gasteiger charge is -2.39. The number of aryl methyl sites for hydroxylation is 1. The molecule has 1 aliphatic heterocycles. The Morgan fingerprint density at radius 2 is 2.09 bits per heavy atom. The largest absolute Gasteiger partial charge is 0.383 e. The van der Waals surface area contributed by atoms with E-state index in [2.05, 4.69) is 52.6 Å². The first-order chi connectivity index (χ1) is 10.7. The van der Waals surface area contributed by atoms with Crippen LogP contribution in [0.5, 0.6) is 0 Å². The highest BCUT2D eigenvalue weighted by atomic mass is 16.5. The zero-order valence-electron chi connectivity index (χ0n) is 13.8. The predicted molar refractivity (Wildman–Crippen MR) is 88.9 cm³/mol. The molecular weight excluding hydrogens is 276 g/mol. The molecule has 0 aliphatic carbocycles. The van der Waals surface area contributed by atoms with Gasteiger partial charge in [0.05, 0.1) is 24.2 Å². The minimum absolute atomic E-state index is 0.568. The number of ether oxygens (including phenoxy) is 1. The number of hydrogen-bond acceptors (Lipinski definition) is 4. The van der Waals surface area contributed by atoms with Gasteiger partial charge in [-0.3, -0.25) is 9.80 Å². The van der Waals surface area contributed by atoms with Crippen LogP contribution in [0.4, 0.5) is 0 Å². The number of piperazine rings is 1. The van der Waals surface area contributed by atoms with Gasteiger partial charge >= 0.3 is 0 Å². The summed E-state index contributed by atoms with van der Waals surface area (Å²) in [4.78, 5) is 9.81. The number of methoxy groups -OCH3 is 1. The molecule has 0 bridgehead atoms. The fraction of sp³-hybridized carbons (Fsp3) is 0.588. The minimum atomic E-state index is 0.568. The van der Waals surface area contributed by atoms with Crippen LogP contribution in [-0.4, -0.2) is 65.3 Å². The number of nitrogens with zero attached hydrogens (tertiary/aromatic N) is 4. The second kappa shape index (κ2) is 6.77. The Labute approximate surface area is 132 Å². The van der Waals surface area contributed by atoms with Crippen LogP contribution >= 0.6 is 0 Å². The zero-order valence-corrected chi connectivity index (χ0v) is 13.8. The number of benzene rings is 1. The highest BCUT2D eigenvalue weighted by Gasteiger charge is 2.24. The van der Waals surface area contributed by atoms with Gasteiger partial charge in [0, 0.05) is 46.4 Å². The fourth-order valence-corrected chi connectivity index (χ4v) is 3.29. The van der Waals surface area contributed by atoms with E-state index in [4.69, 9.17) is 9.72 Å². The number of fused-ring (bicyclic) bond motifs is 1. The van der Waals surface area contributed by atoms with E-state index in [0.29, 0.717) is 6.04 Å². The normalized spacial score (nSPS) is 20.8. The van der Waals surface area contributed by atoms with E-state index in [1.54, 1.807) is 7.11 Å². The molecule has 120 valence electrons. The van der Waals surface area contributed by atoms with E-state index in [1.165, 1.54) is 5.52 Å². The molecule has 0 spiro atoms. The lowest BCUT2D eigenvalue weighted by atomic mass is 10.2. The SMILES string of the molecule is COCCN1CCN(Cc2nc3ccccc3n2C)C[C@@H]1C. The molecule has 2 aromatic rings. The predicted octanol–water partition coefficient (Wildman–Crippen LogP) is 1.73. The summed E-state index contributed by atoms with van der Waals surface area (Å²) in [5, 5.41) is 0. The topological polar surface area (TPSA) is 33.5 Å². The molecule has 0 unspecified atom stereocenters. The molecule has 1 aromatic heterocycles. The van der Waals surface area contributed by atoms with Gasteiger partial charge in [-0.2, -0.15) is 0 Å². The molecule has 0 radical (unpaired) electrons. The van der Waals surface area contributed by atoms with E-state index >= 15 is 0 Å². The molecule has 1 saturated heterocycles. The number of aromatic nitrogens is 2. The van der Waals surface area contributed by atoms with E-state index in [1.807, 2.05) is 0 Å². The van der Waals surface area contributed by atoms with Crippen LogP contribution in [0.15, 0.2) is 24.3 Å². The van der Waals surface area contributed by atoms with Crippen LogP contribution in [-0.2, 0) is 18.3 Å². The smallest absolute Gasteiger partial charge is 0.123 e. The molecular formula is C17H26N4O. The van der Waals surface area contributed by atoms with Gasteiger partial charge in [0.1, 0.15) is 5.82 Å². The minimum Gasteiger partial charge on any atom is -0.383 e. The van der Waals surface area contributed by atoms with Crippen LogP contribution in [0.1, 0.15) is 12.7 Å². The fourth-order valence-electron chi connectivity index (χ4n) is 3.29. The Balaban J connectivity index is 1.65. The van der Waals surface area contributed by atoms with Gasteiger partial charge in [0.15, 0.2) is 0 Å². The third-order valence-electron chi connectivity index (χ3n) is 4.68. The van der Waals surface area contributed by atoms with Gasteiger partial charge in [-0.25, -0.2) is 4.98 Å². The van der Waals surface area contributed by atoms with Gasteiger partial charge in [0.2, 0.25) is 0 Å². The molecule has 0 N–H and O–H groups in total. The van der Waals surface area contributed by atoms with Crippen molar-refractivity contribution in [3.05, 3.63) is 30.1 Å². The van der Waals surface area contributed by atoms with Gasteiger partial charge in [-0.1, -0.05) is 12.1 Å². The lowest BCUT2D eigenvalue weighted by Crippen LogP contribution is -2.52. The van der Waals surface area contributed by atoms with Crippen molar-refractivity contribution in [2.75, 3.05) is 39.9 Å². The highest BCUT2D eigenvalue weighted by Crippen LogP contribution is 2.17. The first kappa shape index (κ1) is 15.5. The molecule has 5 nitrogen and oxygen atoms in total. The molecule has 1 aromatic carbocycles. The average Bonchev–Trinajstić information content (AvgIpc) is 2.83. The third-order valence-corrected chi connectivity index (χ3v) is 4.68. The Morgan fingerprint density at radius 1 is 1.27 bits per heavy atom. The van der Waals surface area contributed by atoms with Crippen LogP contribution in [0.25, 0.3) is 11.0 Å². The molecule has 22 heavy (non-hydrogen) atoms. The monoisotopic (exact) mass is 302 g/mol. The van der Waals surface area contributed by atoms with Crippen LogP contribution in [0, 0.1) is 0 Å². The van der Waals surface area contributed by atoms with Crippen molar-refractivity contribution in [3.8, 4) is 0 Å². The maximum Gasteiger partial charge on any atom is 0.123 e. The van der Waals surface area contributed by atoms with Crippen molar-refractivity contribution in [2.45, 2.75) is 19.5 Å². The van der Waals surface area contributed by atoms with Crippen molar-refractivity contribution in [2.24, 2.45) is 7.05 Å². The molecule has 1 atom stereocenters. The average molecular weight is 302 g/mol. The Hall–Kier alpha value is -1.43. The summed E-state index contributed by atoms with van der Waals surface area (Å²) in [7, 11) is 3.88. The van der Waals surface area contributed by atoms with Crippen LogP contribution in [0.3, 0.4) is 0 Å². The van der Waals surface area contributed by atoms with Crippen molar-refractivity contribution >= 4 is 11.0 Å². The molecule has 1 fully saturated rings. The highest BCUT2D eigenvalue weighted by molar-refractivity contribution is 5.75. The zero-order chi connectivity index (χ0) is 15.5. The van der Waals surface area contributed by atoms with Gasteiger partial charge < -0.3 is 9.30 Å². The Morgan fingerprint density at radius 3 is 2.82 bits per heavy atom. The standard InChI is InChI=1S/C17H26N4O/c1-14-12-20(8-9-21(14)10-11-22-3)13-17-18-15-6-4-5-7-16(15)19(17)2/h4-7,14H,8-13H2,1-3H3/t14-/m0/s1. The quantitative estimate of drug-likeness (QED) is 0.842. The summed E-state index contributed by atoms with van der Waals surface area (Å²) in [6.07, 6.45) is 0. The number of para-hydroxylation sites is 2. The maximum absolute atomic E-state index is 5.20. The van der Waals surface area contributed by atoms with E-state index in [-0.39, 0.29) is 0 Å². The molecule has 1 aliphatic rings. The number of hydrogen-bond donors (Lipinski definition) is 0. The van der Waals surface area contributed by atoms with Crippen LogP contribution < -0.4 is 0 Å². The summed E-state index contributed by atoms with van der Waals surface area (Å²) in [5.41, 5.74) is 2.30. The Kier molecular flexibility index (Phi) is 4.76. The molecule has 3 rings (SSSR count). The summed E-state index contributed by atoms with van der Waals surface area (Å²) < 4.78 is 7.42. The number of imidazole rings is 1. The third kappa shape index (κ3) is 3.16. The second-order valence-corrected chi connectivity index (χ2v) is 6.19. The van der Waals surface area contributed by atoms with E-state index in [0.717, 1.165) is 50.7 Å². The van der Waals surface area contributed by atoms with Crippen molar-refractivity contribution in [1.82, 2.24) is 19.4 Å². The van der Waals surface area contributed by atoms with Gasteiger partial charge in [-0.05, 0) is 19.1 Å². The lowest BCUT2D eigenvalue weighted by molar-refractivity contribution is 0.0544. The molecule has 0 saturated carbocycles. The summed E-state index contributed by atoms with van der Waals surface area (Å²) in [6.45, 7) is 8.36. The van der Waals surface area contributed by atoms with Gasteiger partial charge in [0.25, 0.3) is 0 Å².